The van der Waals surface area contributed by atoms with Gasteiger partial charge >= 0.3 is 11.9 Å². The van der Waals surface area contributed by atoms with E-state index < -0.39 is 23.8 Å². The third-order valence-corrected chi connectivity index (χ3v) is 3.67. The third-order valence-electron chi connectivity index (χ3n) is 3.67. The normalized spacial score (nSPS) is 10.7. The molecule has 0 aliphatic carbocycles. The molecule has 2 rings (SSSR count). The van der Waals surface area contributed by atoms with Gasteiger partial charge in [0.05, 0.1) is 6.54 Å². The molecule has 0 aromatic heterocycles. The molecule has 2 aromatic rings. The minimum atomic E-state index is -0.546. The Labute approximate surface area is 173 Å². The molecular formula is C22H22N2O6. The number of ether oxygens (including phenoxy) is 2. The number of carbonyl (C=O) groups is 4. The number of amides is 2. The van der Waals surface area contributed by atoms with E-state index in [-0.39, 0.29) is 18.8 Å². The molecule has 0 aliphatic heterocycles. The highest BCUT2D eigenvalue weighted by atomic mass is 16.5. The Balaban J connectivity index is 2.17. The van der Waals surface area contributed by atoms with Crippen LogP contribution in [0.15, 0.2) is 60.3 Å². The Morgan fingerprint density at radius 2 is 1.57 bits per heavy atom. The van der Waals surface area contributed by atoms with Gasteiger partial charge in [-0.3, -0.25) is 19.2 Å². The summed E-state index contributed by atoms with van der Waals surface area (Å²) in [5, 5.41) is 5.18. The second-order valence-electron chi connectivity index (χ2n) is 6.14. The van der Waals surface area contributed by atoms with Crippen LogP contribution in [0, 0.1) is 0 Å². The number of hydrogen-bond acceptors (Lipinski definition) is 6. The van der Waals surface area contributed by atoms with Crippen molar-refractivity contribution in [2.45, 2.75) is 13.8 Å². The van der Waals surface area contributed by atoms with E-state index in [9.17, 15) is 19.2 Å². The van der Waals surface area contributed by atoms with Crippen LogP contribution >= 0.6 is 0 Å². The molecule has 0 heterocycles. The van der Waals surface area contributed by atoms with Crippen LogP contribution in [0.4, 0.5) is 0 Å². The Hall–Kier alpha value is -3.94. The Bertz CT molecular complexity index is 936. The second-order valence-corrected chi connectivity index (χ2v) is 6.14. The second kappa shape index (κ2) is 11.2. The maximum Gasteiger partial charge on any atom is 0.308 e. The largest absolute Gasteiger partial charge is 0.464 e. The lowest BCUT2D eigenvalue weighted by atomic mass is 10.1. The van der Waals surface area contributed by atoms with Crippen LogP contribution in [-0.4, -0.2) is 36.9 Å². The molecule has 0 saturated carbocycles. The Morgan fingerprint density at radius 3 is 2.17 bits per heavy atom. The molecule has 0 unspecified atom stereocenters. The number of benzene rings is 2. The van der Waals surface area contributed by atoms with Gasteiger partial charge in [0.1, 0.15) is 18.1 Å². The fraction of sp³-hybridized carbons (Fsp3) is 0.182. The van der Waals surface area contributed by atoms with Gasteiger partial charge in [-0.25, -0.2) is 0 Å². The number of esters is 2. The quantitative estimate of drug-likeness (QED) is 0.298. The molecule has 2 N–H and O–H groups in total. The van der Waals surface area contributed by atoms with Gasteiger partial charge in [0, 0.05) is 19.4 Å². The first-order chi connectivity index (χ1) is 14.3. The predicted octanol–water partition coefficient (Wildman–Crippen LogP) is 2.06. The lowest BCUT2D eigenvalue weighted by molar-refractivity contribution is -0.141. The van der Waals surface area contributed by atoms with E-state index in [4.69, 9.17) is 9.47 Å². The molecule has 0 radical (unpaired) electrons. The fourth-order valence-corrected chi connectivity index (χ4v) is 2.36. The summed E-state index contributed by atoms with van der Waals surface area (Å²) in [6.07, 6.45) is 1.49. The van der Waals surface area contributed by atoms with Crippen LogP contribution in [-0.2, 0) is 19.1 Å². The van der Waals surface area contributed by atoms with Crippen LogP contribution < -0.4 is 15.4 Å². The summed E-state index contributed by atoms with van der Waals surface area (Å²) in [6, 6.07) is 14.9. The molecule has 2 amide bonds. The first-order valence-electron chi connectivity index (χ1n) is 9.13. The van der Waals surface area contributed by atoms with Gasteiger partial charge in [0.2, 0.25) is 0 Å². The maximum atomic E-state index is 12.6. The predicted molar refractivity (Wildman–Crippen MR) is 109 cm³/mol. The van der Waals surface area contributed by atoms with Crippen molar-refractivity contribution in [1.82, 2.24) is 10.6 Å². The van der Waals surface area contributed by atoms with Crippen LogP contribution in [0.5, 0.6) is 5.75 Å². The summed E-state index contributed by atoms with van der Waals surface area (Å²) in [6.45, 7) is 2.67. The summed E-state index contributed by atoms with van der Waals surface area (Å²) in [5.41, 5.74) is 0.998. The van der Waals surface area contributed by atoms with E-state index in [0.717, 1.165) is 0 Å². The lowest BCUT2D eigenvalue weighted by Gasteiger charge is -2.11. The van der Waals surface area contributed by atoms with E-state index in [1.807, 2.05) is 0 Å². The van der Waals surface area contributed by atoms with Crippen LogP contribution in [0.25, 0.3) is 6.08 Å². The minimum Gasteiger partial charge on any atom is -0.464 e. The molecule has 2 aromatic carbocycles. The zero-order valence-electron chi connectivity index (χ0n) is 16.6. The van der Waals surface area contributed by atoms with E-state index in [1.165, 1.54) is 19.9 Å². The molecule has 8 nitrogen and oxygen atoms in total. The molecule has 8 heteroatoms. The Kier molecular flexibility index (Phi) is 8.31. The van der Waals surface area contributed by atoms with Gasteiger partial charge in [-0.15, -0.1) is 0 Å². The first-order valence-corrected chi connectivity index (χ1v) is 9.13. The third kappa shape index (κ3) is 7.59. The number of hydrogen-bond donors (Lipinski definition) is 2. The monoisotopic (exact) mass is 410 g/mol. The van der Waals surface area contributed by atoms with Gasteiger partial charge < -0.3 is 20.1 Å². The summed E-state index contributed by atoms with van der Waals surface area (Å²) in [5.74, 6) is -1.53. The topological polar surface area (TPSA) is 111 Å². The molecule has 0 atom stereocenters. The molecule has 30 heavy (non-hydrogen) atoms. The Morgan fingerprint density at radius 1 is 0.900 bits per heavy atom. The van der Waals surface area contributed by atoms with Crippen molar-refractivity contribution in [2.75, 3.05) is 13.2 Å². The van der Waals surface area contributed by atoms with Crippen molar-refractivity contribution in [1.29, 1.82) is 0 Å². The summed E-state index contributed by atoms with van der Waals surface area (Å²) in [4.78, 5) is 46.9. The van der Waals surface area contributed by atoms with Crippen molar-refractivity contribution in [3.05, 3.63) is 71.4 Å². The molecule has 0 bridgehead atoms. The first kappa shape index (κ1) is 22.4. The van der Waals surface area contributed by atoms with Gasteiger partial charge in [-0.2, -0.15) is 0 Å². The molecule has 0 aliphatic rings. The van der Waals surface area contributed by atoms with Crippen LogP contribution in [0.2, 0.25) is 0 Å². The summed E-state index contributed by atoms with van der Waals surface area (Å²) < 4.78 is 9.76. The highest BCUT2D eigenvalue weighted by Crippen LogP contribution is 2.15. The number of rotatable bonds is 8. The smallest absolute Gasteiger partial charge is 0.308 e. The molecule has 0 saturated heterocycles. The van der Waals surface area contributed by atoms with E-state index >= 15 is 0 Å². The fourth-order valence-electron chi connectivity index (χ4n) is 2.36. The van der Waals surface area contributed by atoms with Gasteiger partial charge in [-0.05, 0) is 35.9 Å². The molecule has 0 fully saturated rings. The van der Waals surface area contributed by atoms with Crippen molar-refractivity contribution >= 4 is 29.8 Å². The van der Waals surface area contributed by atoms with E-state index in [2.05, 4.69) is 10.6 Å². The summed E-state index contributed by atoms with van der Waals surface area (Å²) >= 11 is 0. The zero-order chi connectivity index (χ0) is 21.9. The standard InChI is InChI=1S/C22H22N2O6/c1-15(25)29-13-12-23-22(28)20(24-21(27)18-6-4-3-5-7-18)14-17-8-10-19(11-9-17)30-16(2)26/h3-11,14H,12-13H2,1-2H3,(H,23,28)(H,24,27)/b20-14-. The molecular weight excluding hydrogens is 388 g/mol. The van der Waals surface area contributed by atoms with E-state index in [1.54, 1.807) is 54.6 Å². The van der Waals surface area contributed by atoms with Gasteiger partial charge in [0.15, 0.2) is 0 Å². The highest BCUT2D eigenvalue weighted by Gasteiger charge is 2.14. The average molecular weight is 410 g/mol. The minimum absolute atomic E-state index is 0.00640. The van der Waals surface area contributed by atoms with Crippen molar-refractivity contribution in [3.8, 4) is 5.75 Å². The van der Waals surface area contributed by atoms with Crippen molar-refractivity contribution in [2.24, 2.45) is 0 Å². The van der Waals surface area contributed by atoms with Gasteiger partial charge in [-0.1, -0.05) is 30.3 Å². The SMILES string of the molecule is CC(=O)OCCNC(=O)/C(=C/c1ccc(OC(C)=O)cc1)NC(=O)c1ccccc1. The van der Waals surface area contributed by atoms with Crippen LogP contribution in [0.3, 0.4) is 0 Å². The van der Waals surface area contributed by atoms with E-state index in [0.29, 0.717) is 16.9 Å². The number of carbonyl (C=O) groups excluding carboxylic acids is 4. The van der Waals surface area contributed by atoms with Crippen molar-refractivity contribution in [3.63, 3.8) is 0 Å². The van der Waals surface area contributed by atoms with Crippen LogP contribution in [0.1, 0.15) is 29.8 Å². The summed E-state index contributed by atoms with van der Waals surface area (Å²) in [7, 11) is 0. The molecule has 0 spiro atoms. The average Bonchev–Trinajstić information content (AvgIpc) is 2.72. The van der Waals surface area contributed by atoms with Crippen molar-refractivity contribution < 1.29 is 28.7 Å². The highest BCUT2D eigenvalue weighted by molar-refractivity contribution is 6.05. The molecule has 156 valence electrons. The maximum absolute atomic E-state index is 12.6. The number of nitrogens with one attached hydrogen (secondary N) is 2. The van der Waals surface area contributed by atoms with Gasteiger partial charge in [0.25, 0.3) is 11.8 Å². The lowest BCUT2D eigenvalue weighted by Crippen LogP contribution is -2.36. The zero-order valence-corrected chi connectivity index (χ0v) is 16.6.